The van der Waals surface area contributed by atoms with Crippen LogP contribution in [0.1, 0.15) is 23.1 Å². The molecule has 20 heavy (non-hydrogen) atoms. The van der Waals surface area contributed by atoms with Gasteiger partial charge in [0.2, 0.25) is 0 Å². The van der Waals surface area contributed by atoms with E-state index in [1.807, 2.05) is 0 Å². The summed E-state index contributed by atoms with van der Waals surface area (Å²) in [5.41, 5.74) is 1.21. The molecule has 0 unspecified atom stereocenters. The molecule has 0 saturated heterocycles. The Balaban J connectivity index is 1.94. The molecule has 0 amide bonds. The molecule has 0 aliphatic heterocycles. The fourth-order valence-electron chi connectivity index (χ4n) is 1.63. The number of halogens is 3. The number of alkyl halides is 2. The average molecular weight is 296 g/mol. The van der Waals surface area contributed by atoms with Crippen LogP contribution in [-0.4, -0.2) is 6.21 Å². The molecule has 0 heterocycles. The Labute approximate surface area is 120 Å². The Hall–Kier alpha value is -1.94. The molecule has 104 valence electrons. The van der Waals surface area contributed by atoms with Gasteiger partial charge in [-0.1, -0.05) is 53.2 Å². The normalized spacial score (nSPS) is 11.2. The van der Waals surface area contributed by atoms with Gasteiger partial charge in [-0.25, -0.2) is 8.78 Å². The van der Waals surface area contributed by atoms with Crippen molar-refractivity contribution in [2.24, 2.45) is 5.16 Å². The summed E-state index contributed by atoms with van der Waals surface area (Å²) in [6.45, 7) is 0.00457. The Morgan fingerprint density at radius 3 is 2.50 bits per heavy atom. The highest BCUT2D eigenvalue weighted by Crippen LogP contribution is 2.23. The first kappa shape index (κ1) is 14.5. The molecule has 0 fully saturated rings. The predicted molar refractivity (Wildman–Crippen MR) is 75.2 cm³/mol. The molecule has 2 aromatic carbocycles. The molecule has 0 spiro atoms. The maximum atomic E-state index is 12.7. The Morgan fingerprint density at radius 2 is 1.80 bits per heavy atom. The molecule has 0 saturated carbocycles. The highest BCUT2D eigenvalue weighted by molar-refractivity contribution is 6.30. The molecule has 2 nitrogen and oxygen atoms in total. The molecule has 0 aromatic heterocycles. The molecule has 0 aliphatic rings. The number of rotatable bonds is 5. The maximum Gasteiger partial charge on any atom is 0.264 e. The molecule has 0 N–H and O–H groups in total. The van der Waals surface area contributed by atoms with Crippen LogP contribution in [0.25, 0.3) is 0 Å². The van der Waals surface area contributed by atoms with E-state index in [2.05, 4.69) is 5.16 Å². The lowest BCUT2D eigenvalue weighted by atomic mass is 10.1. The zero-order chi connectivity index (χ0) is 14.4. The minimum atomic E-state index is -2.52. The number of hydrogen-bond acceptors (Lipinski definition) is 2. The topological polar surface area (TPSA) is 21.6 Å². The van der Waals surface area contributed by atoms with E-state index in [1.165, 1.54) is 12.3 Å². The monoisotopic (exact) mass is 295 g/mol. The van der Waals surface area contributed by atoms with E-state index in [-0.39, 0.29) is 12.2 Å². The van der Waals surface area contributed by atoms with Gasteiger partial charge in [0.05, 0.1) is 6.21 Å². The molecule has 5 heteroatoms. The van der Waals surface area contributed by atoms with Gasteiger partial charge in [-0.05, 0) is 17.7 Å². The van der Waals surface area contributed by atoms with Crippen molar-refractivity contribution in [2.75, 3.05) is 0 Å². The van der Waals surface area contributed by atoms with Crippen molar-refractivity contribution in [3.05, 3.63) is 70.2 Å². The molecule has 2 rings (SSSR count). The van der Waals surface area contributed by atoms with Gasteiger partial charge in [0.15, 0.2) is 0 Å². The Bertz CT molecular complexity index is 585. The first-order valence-electron chi connectivity index (χ1n) is 5.93. The molecule has 2 aromatic rings. The molecular formula is C15H12ClF2NO. The van der Waals surface area contributed by atoms with Crippen molar-refractivity contribution < 1.29 is 13.6 Å². The van der Waals surface area contributed by atoms with Crippen LogP contribution < -0.4 is 0 Å². The summed E-state index contributed by atoms with van der Waals surface area (Å²) in [4.78, 5) is 5.05. The van der Waals surface area contributed by atoms with E-state index < -0.39 is 6.43 Å². The SMILES string of the molecule is FC(F)c1ccccc1CON=Cc1ccc(Cl)cc1. The van der Waals surface area contributed by atoms with Gasteiger partial charge in [-0.2, -0.15) is 0 Å². The first-order valence-corrected chi connectivity index (χ1v) is 6.31. The minimum Gasteiger partial charge on any atom is -0.391 e. The second kappa shape index (κ2) is 7.01. The quantitative estimate of drug-likeness (QED) is 0.572. The van der Waals surface area contributed by atoms with Crippen LogP contribution in [0, 0.1) is 0 Å². The second-order valence-electron chi connectivity index (χ2n) is 4.06. The van der Waals surface area contributed by atoms with Crippen LogP contribution in [0.2, 0.25) is 5.02 Å². The Morgan fingerprint density at radius 1 is 1.10 bits per heavy atom. The number of benzene rings is 2. The summed E-state index contributed by atoms with van der Waals surface area (Å²) in [7, 11) is 0. The van der Waals surface area contributed by atoms with Crippen molar-refractivity contribution in [2.45, 2.75) is 13.0 Å². The van der Waals surface area contributed by atoms with Crippen molar-refractivity contribution in [1.29, 1.82) is 0 Å². The van der Waals surface area contributed by atoms with Crippen molar-refractivity contribution in [1.82, 2.24) is 0 Å². The zero-order valence-corrected chi connectivity index (χ0v) is 11.2. The lowest BCUT2D eigenvalue weighted by Crippen LogP contribution is -1.95. The van der Waals surface area contributed by atoms with Crippen LogP contribution in [-0.2, 0) is 11.4 Å². The standard InChI is InChI=1S/C15H12ClF2NO/c16-13-7-5-11(6-8-13)9-19-20-10-12-3-1-2-4-14(12)15(17)18/h1-9,15H,10H2. The Kier molecular flexibility index (Phi) is 5.07. The van der Waals surface area contributed by atoms with Gasteiger partial charge in [0, 0.05) is 16.1 Å². The van der Waals surface area contributed by atoms with Crippen LogP contribution >= 0.6 is 11.6 Å². The molecule has 0 radical (unpaired) electrons. The van der Waals surface area contributed by atoms with Gasteiger partial charge in [0.1, 0.15) is 6.61 Å². The molecule has 0 atom stereocenters. The van der Waals surface area contributed by atoms with Crippen LogP contribution in [0.3, 0.4) is 0 Å². The van der Waals surface area contributed by atoms with E-state index in [9.17, 15) is 8.78 Å². The summed E-state index contributed by atoms with van der Waals surface area (Å²) in [5.74, 6) is 0. The summed E-state index contributed by atoms with van der Waals surface area (Å²) < 4.78 is 25.5. The fraction of sp³-hybridized carbons (Fsp3) is 0.133. The third-order valence-electron chi connectivity index (χ3n) is 2.66. The predicted octanol–water partition coefficient (Wildman–Crippen LogP) is 4.83. The lowest BCUT2D eigenvalue weighted by Gasteiger charge is -2.06. The van der Waals surface area contributed by atoms with Gasteiger partial charge >= 0.3 is 0 Å². The second-order valence-corrected chi connectivity index (χ2v) is 4.50. The van der Waals surface area contributed by atoms with Crippen molar-refractivity contribution >= 4 is 17.8 Å². The summed E-state index contributed by atoms with van der Waals surface area (Å²) in [6.07, 6.45) is -1.02. The largest absolute Gasteiger partial charge is 0.391 e. The van der Waals surface area contributed by atoms with Crippen molar-refractivity contribution in [3.8, 4) is 0 Å². The van der Waals surface area contributed by atoms with E-state index in [0.29, 0.717) is 10.6 Å². The summed E-state index contributed by atoms with van der Waals surface area (Å²) in [6, 6.07) is 13.3. The smallest absolute Gasteiger partial charge is 0.264 e. The average Bonchev–Trinajstić information content (AvgIpc) is 2.46. The van der Waals surface area contributed by atoms with Crippen molar-refractivity contribution in [3.63, 3.8) is 0 Å². The van der Waals surface area contributed by atoms with Crippen LogP contribution in [0.4, 0.5) is 8.78 Å². The molecular weight excluding hydrogens is 284 g/mol. The van der Waals surface area contributed by atoms with Crippen LogP contribution in [0.15, 0.2) is 53.7 Å². The maximum absolute atomic E-state index is 12.7. The highest BCUT2D eigenvalue weighted by Gasteiger charge is 2.11. The first-order chi connectivity index (χ1) is 9.66. The zero-order valence-electron chi connectivity index (χ0n) is 10.5. The molecule has 0 aliphatic carbocycles. The summed E-state index contributed by atoms with van der Waals surface area (Å²) in [5, 5.41) is 4.39. The van der Waals surface area contributed by atoms with Gasteiger partial charge in [-0.15, -0.1) is 0 Å². The lowest BCUT2D eigenvalue weighted by molar-refractivity contribution is 0.120. The number of hydrogen-bond donors (Lipinski definition) is 0. The van der Waals surface area contributed by atoms with E-state index in [1.54, 1.807) is 42.5 Å². The van der Waals surface area contributed by atoms with Crippen LogP contribution in [0.5, 0.6) is 0 Å². The third-order valence-corrected chi connectivity index (χ3v) is 2.91. The van der Waals surface area contributed by atoms with Gasteiger partial charge in [0.25, 0.3) is 6.43 Å². The number of nitrogens with zero attached hydrogens (tertiary/aromatic N) is 1. The van der Waals surface area contributed by atoms with E-state index in [4.69, 9.17) is 16.4 Å². The van der Waals surface area contributed by atoms with E-state index >= 15 is 0 Å². The minimum absolute atomic E-state index is 0.00457. The van der Waals surface area contributed by atoms with Gasteiger partial charge in [-0.3, -0.25) is 0 Å². The third kappa shape index (κ3) is 4.03. The summed E-state index contributed by atoms with van der Waals surface area (Å²) >= 11 is 5.75. The number of oxime groups is 1. The van der Waals surface area contributed by atoms with E-state index in [0.717, 1.165) is 5.56 Å². The highest BCUT2D eigenvalue weighted by atomic mass is 35.5. The van der Waals surface area contributed by atoms with Gasteiger partial charge < -0.3 is 4.84 Å². The fourth-order valence-corrected chi connectivity index (χ4v) is 1.76. The molecule has 0 bridgehead atoms.